The lowest BCUT2D eigenvalue weighted by Gasteiger charge is -2.35. The van der Waals surface area contributed by atoms with Crippen LogP contribution in [0.3, 0.4) is 0 Å². The molecule has 32 heavy (non-hydrogen) atoms. The number of hydrogen-bond donors (Lipinski definition) is 2. The van der Waals surface area contributed by atoms with E-state index in [4.69, 9.17) is 5.73 Å². The predicted molar refractivity (Wildman–Crippen MR) is 134 cm³/mol. The van der Waals surface area contributed by atoms with E-state index in [-0.39, 0.29) is 12.5 Å². The molecule has 1 saturated heterocycles. The Morgan fingerprint density at radius 2 is 1.84 bits per heavy atom. The van der Waals surface area contributed by atoms with Crippen molar-refractivity contribution in [3.63, 3.8) is 0 Å². The number of nitrogens with zero attached hydrogens (tertiary/aromatic N) is 2. The van der Waals surface area contributed by atoms with E-state index in [0.29, 0.717) is 0 Å². The fourth-order valence-corrected chi connectivity index (χ4v) is 5.90. The lowest BCUT2D eigenvalue weighted by atomic mass is 9.92. The SMILES string of the molecule is Cc1ccc2c(c1)N(CCCC1CCN(CCCNC(=O)CN)CC1)c1ccccc1S2. The lowest BCUT2D eigenvalue weighted by molar-refractivity contribution is -0.119. The van der Waals surface area contributed by atoms with Gasteiger partial charge in [-0.05, 0) is 94.4 Å². The van der Waals surface area contributed by atoms with E-state index in [1.807, 2.05) is 11.8 Å². The summed E-state index contributed by atoms with van der Waals surface area (Å²) < 4.78 is 0. The Hall–Kier alpha value is -2.02. The van der Waals surface area contributed by atoms with Crippen LogP contribution in [0.25, 0.3) is 0 Å². The molecule has 3 N–H and O–H groups in total. The largest absolute Gasteiger partial charge is 0.355 e. The zero-order valence-corrected chi connectivity index (χ0v) is 20.0. The third-order valence-electron chi connectivity index (χ3n) is 6.64. The van der Waals surface area contributed by atoms with E-state index in [1.165, 1.54) is 65.5 Å². The molecule has 0 spiro atoms. The maximum absolute atomic E-state index is 11.2. The number of aryl methyl sites for hydroxylation is 1. The van der Waals surface area contributed by atoms with Crippen LogP contribution in [0.1, 0.15) is 37.7 Å². The molecule has 2 aromatic carbocycles. The molecule has 2 aliphatic heterocycles. The summed E-state index contributed by atoms with van der Waals surface area (Å²) in [6.07, 6.45) is 6.10. The molecular formula is C26H36N4OS. The first-order valence-electron chi connectivity index (χ1n) is 12.0. The molecule has 0 bridgehead atoms. The second-order valence-electron chi connectivity index (χ2n) is 9.03. The van der Waals surface area contributed by atoms with Gasteiger partial charge < -0.3 is 20.9 Å². The van der Waals surface area contributed by atoms with E-state index in [9.17, 15) is 4.79 Å². The van der Waals surface area contributed by atoms with Gasteiger partial charge in [0.2, 0.25) is 5.91 Å². The summed E-state index contributed by atoms with van der Waals surface area (Å²) in [5, 5.41) is 2.86. The summed E-state index contributed by atoms with van der Waals surface area (Å²) in [7, 11) is 0. The van der Waals surface area contributed by atoms with Crippen LogP contribution in [-0.2, 0) is 4.79 Å². The molecule has 1 fully saturated rings. The Kier molecular flexibility index (Phi) is 8.11. The summed E-state index contributed by atoms with van der Waals surface area (Å²) in [4.78, 5) is 19.0. The highest BCUT2D eigenvalue weighted by Crippen LogP contribution is 2.48. The second kappa shape index (κ2) is 11.2. The molecule has 0 saturated carbocycles. The van der Waals surface area contributed by atoms with Gasteiger partial charge in [-0.2, -0.15) is 0 Å². The topological polar surface area (TPSA) is 61.6 Å². The molecule has 0 radical (unpaired) electrons. The number of nitrogens with two attached hydrogens (primary N) is 1. The third-order valence-corrected chi connectivity index (χ3v) is 7.77. The van der Waals surface area contributed by atoms with E-state index in [0.717, 1.165) is 32.0 Å². The third kappa shape index (κ3) is 5.85. The molecule has 5 nitrogen and oxygen atoms in total. The number of fused-ring (bicyclic) bond motifs is 2. The van der Waals surface area contributed by atoms with Crippen LogP contribution in [0.2, 0.25) is 0 Å². The highest BCUT2D eigenvalue weighted by molar-refractivity contribution is 7.99. The number of carbonyl (C=O) groups is 1. The molecule has 4 rings (SSSR count). The van der Waals surface area contributed by atoms with E-state index < -0.39 is 0 Å². The Morgan fingerprint density at radius 1 is 1.06 bits per heavy atom. The minimum atomic E-state index is -0.0589. The number of amides is 1. The molecule has 6 heteroatoms. The van der Waals surface area contributed by atoms with E-state index >= 15 is 0 Å². The van der Waals surface area contributed by atoms with Crippen molar-refractivity contribution in [2.75, 3.05) is 44.2 Å². The van der Waals surface area contributed by atoms with Crippen LogP contribution in [-0.4, -0.2) is 50.1 Å². The minimum Gasteiger partial charge on any atom is -0.355 e. The number of carbonyl (C=O) groups excluding carboxylic acids is 1. The van der Waals surface area contributed by atoms with Crippen LogP contribution in [0.4, 0.5) is 11.4 Å². The van der Waals surface area contributed by atoms with Gasteiger partial charge in [0.1, 0.15) is 0 Å². The van der Waals surface area contributed by atoms with Gasteiger partial charge in [-0.15, -0.1) is 0 Å². The quantitative estimate of drug-likeness (QED) is 0.547. The van der Waals surface area contributed by atoms with Gasteiger partial charge in [-0.3, -0.25) is 4.79 Å². The molecule has 2 aliphatic rings. The predicted octanol–water partition coefficient (Wildman–Crippen LogP) is 4.55. The zero-order chi connectivity index (χ0) is 22.3. The maximum Gasteiger partial charge on any atom is 0.233 e. The smallest absolute Gasteiger partial charge is 0.233 e. The molecule has 0 aromatic heterocycles. The second-order valence-corrected chi connectivity index (χ2v) is 10.1. The van der Waals surface area contributed by atoms with Crippen molar-refractivity contribution in [2.24, 2.45) is 11.7 Å². The van der Waals surface area contributed by atoms with Crippen LogP contribution >= 0.6 is 11.8 Å². The summed E-state index contributed by atoms with van der Waals surface area (Å²) in [5.41, 5.74) is 9.37. The molecule has 0 atom stereocenters. The van der Waals surface area contributed by atoms with E-state index in [1.54, 1.807) is 0 Å². The lowest BCUT2D eigenvalue weighted by Crippen LogP contribution is -2.37. The standard InChI is InChI=1S/C26H36N4OS/c1-20-9-10-25-23(18-20)30(22-7-2-3-8-24(22)32-25)15-4-6-21-11-16-29(17-12-21)14-5-13-28-26(31)19-27/h2-3,7-10,18,21H,4-6,11-17,19,27H2,1H3,(H,28,31). The maximum atomic E-state index is 11.2. The van der Waals surface area contributed by atoms with Crippen molar-refractivity contribution >= 4 is 29.0 Å². The molecular weight excluding hydrogens is 416 g/mol. The summed E-state index contributed by atoms with van der Waals surface area (Å²) in [6, 6.07) is 15.6. The minimum absolute atomic E-state index is 0.0589. The number of piperidine rings is 1. The molecule has 2 heterocycles. The highest BCUT2D eigenvalue weighted by Gasteiger charge is 2.24. The van der Waals surface area contributed by atoms with Crippen molar-refractivity contribution in [1.82, 2.24) is 10.2 Å². The highest BCUT2D eigenvalue weighted by atomic mass is 32.2. The first-order valence-corrected chi connectivity index (χ1v) is 12.8. The number of hydrogen-bond acceptors (Lipinski definition) is 5. The van der Waals surface area contributed by atoms with Crippen LogP contribution in [0, 0.1) is 12.8 Å². The van der Waals surface area contributed by atoms with Crippen LogP contribution in [0.15, 0.2) is 52.3 Å². The molecule has 1 amide bonds. The number of nitrogens with one attached hydrogen (secondary N) is 1. The summed E-state index contributed by atoms with van der Waals surface area (Å²) in [5.74, 6) is 0.769. The van der Waals surface area contributed by atoms with Crippen LogP contribution in [0.5, 0.6) is 0 Å². The van der Waals surface area contributed by atoms with Crippen molar-refractivity contribution in [3.05, 3.63) is 48.0 Å². The Labute approximate surface area is 196 Å². The van der Waals surface area contributed by atoms with Gasteiger partial charge in [-0.1, -0.05) is 30.0 Å². The average Bonchev–Trinajstić information content (AvgIpc) is 2.82. The Morgan fingerprint density at radius 3 is 2.66 bits per heavy atom. The first-order chi connectivity index (χ1) is 15.6. The van der Waals surface area contributed by atoms with Gasteiger partial charge in [-0.25, -0.2) is 0 Å². The Balaban J connectivity index is 1.24. The molecule has 172 valence electrons. The molecule has 0 aliphatic carbocycles. The summed E-state index contributed by atoms with van der Waals surface area (Å²) in [6.45, 7) is 7.50. The summed E-state index contributed by atoms with van der Waals surface area (Å²) >= 11 is 1.89. The number of benzene rings is 2. The van der Waals surface area contributed by atoms with Crippen molar-refractivity contribution in [2.45, 2.75) is 48.8 Å². The van der Waals surface area contributed by atoms with Gasteiger partial charge in [0.05, 0.1) is 17.9 Å². The zero-order valence-electron chi connectivity index (χ0n) is 19.2. The first kappa shape index (κ1) is 23.1. The van der Waals surface area contributed by atoms with Gasteiger partial charge >= 0.3 is 0 Å². The number of anilines is 2. The van der Waals surface area contributed by atoms with Crippen molar-refractivity contribution in [1.29, 1.82) is 0 Å². The normalized spacial score (nSPS) is 16.5. The average molecular weight is 453 g/mol. The van der Waals surface area contributed by atoms with Gasteiger partial charge in [0.15, 0.2) is 0 Å². The number of para-hydroxylation sites is 1. The van der Waals surface area contributed by atoms with Crippen LogP contribution < -0.4 is 16.0 Å². The van der Waals surface area contributed by atoms with Crippen molar-refractivity contribution < 1.29 is 4.79 Å². The molecule has 0 unspecified atom stereocenters. The van der Waals surface area contributed by atoms with Gasteiger partial charge in [0.25, 0.3) is 0 Å². The van der Waals surface area contributed by atoms with Crippen molar-refractivity contribution in [3.8, 4) is 0 Å². The number of rotatable bonds is 9. The Bertz CT molecular complexity index is 910. The fraction of sp³-hybridized carbons (Fsp3) is 0.500. The van der Waals surface area contributed by atoms with Gasteiger partial charge in [0, 0.05) is 22.9 Å². The number of likely N-dealkylation sites (tertiary alicyclic amines) is 1. The fourth-order valence-electron chi connectivity index (χ4n) is 4.82. The monoisotopic (exact) mass is 452 g/mol. The molecule has 2 aromatic rings. The van der Waals surface area contributed by atoms with E-state index in [2.05, 4.69) is 64.5 Å².